The van der Waals surface area contributed by atoms with Gasteiger partial charge in [0, 0.05) is 17.8 Å². The van der Waals surface area contributed by atoms with Crippen LogP contribution in [-0.4, -0.2) is 27.9 Å². The molecule has 0 aliphatic carbocycles. The highest BCUT2D eigenvalue weighted by Crippen LogP contribution is 2.36. The Morgan fingerprint density at radius 1 is 1.05 bits per heavy atom. The van der Waals surface area contributed by atoms with Crippen molar-refractivity contribution >= 4 is 39.1 Å². The van der Waals surface area contributed by atoms with E-state index in [2.05, 4.69) is 33.8 Å². The van der Waals surface area contributed by atoms with Gasteiger partial charge in [-0.25, -0.2) is 9.38 Å². The summed E-state index contributed by atoms with van der Waals surface area (Å²) in [5, 5.41) is 17.3. The van der Waals surface area contributed by atoms with E-state index >= 15 is 0 Å². The number of fused-ring (bicyclic) bond motifs is 1. The topological polar surface area (TPSA) is 57.1 Å². The largest absolute Gasteiger partial charge is 0.487 e. The second-order valence-electron chi connectivity index (χ2n) is 8.34. The maximum atomic E-state index is 13.4. The molecular weight excluding hydrogens is 509 g/mol. The molecule has 1 unspecified atom stereocenters. The number of aliphatic hydroxyl groups excluding tert-OH is 1. The van der Waals surface area contributed by atoms with Crippen molar-refractivity contribution in [1.29, 1.82) is 0 Å². The fourth-order valence-corrected chi connectivity index (χ4v) is 5.95. The summed E-state index contributed by atoms with van der Waals surface area (Å²) in [6.45, 7) is 0.902. The molecule has 3 aromatic carbocycles. The lowest BCUT2D eigenvalue weighted by Crippen LogP contribution is -2.33. The van der Waals surface area contributed by atoms with E-state index in [1.165, 1.54) is 17.7 Å². The second-order valence-corrected chi connectivity index (χ2v) is 10.4. The molecule has 0 saturated carbocycles. The van der Waals surface area contributed by atoms with Crippen molar-refractivity contribution in [2.24, 2.45) is 4.99 Å². The molecule has 5 rings (SSSR count). The molecule has 1 atom stereocenters. The van der Waals surface area contributed by atoms with Crippen molar-refractivity contribution < 1.29 is 14.2 Å². The minimum absolute atomic E-state index is 0.00627. The molecule has 2 heterocycles. The average molecular weight is 534 g/mol. The van der Waals surface area contributed by atoms with Gasteiger partial charge in [0.2, 0.25) is 0 Å². The fourth-order valence-electron chi connectivity index (χ4n) is 3.99. The first-order chi connectivity index (χ1) is 18.1. The van der Waals surface area contributed by atoms with E-state index in [9.17, 15) is 9.50 Å². The van der Waals surface area contributed by atoms with Gasteiger partial charge in [0.05, 0.1) is 23.0 Å². The van der Waals surface area contributed by atoms with Crippen molar-refractivity contribution in [3.8, 4) is 5.75 Å². The zero-order valence-corrected chi connectivity index (χ0v) is 21.4. The Hall–Kier alpha value is -3.65. The van der Waals surface area contributed by atoms with Crippen LogP contribution in [0.15, 0.2) is 112 Å². The number of anilines is 1. The Bertz CT molecular complexity index is 1450. The molecule has 2 N–H and O–H groups in total. The molecule has 0 bridgehead atoms. The molecule has 0 radical (unpaired) electrons. The number of hydrogen-bond acceptors (Lipinski definition) is 5. The van der Waals surface area contributed by atoms with E-state index in [1.807, 2.05) is 36.0 Å². The van der Waals surface area contributed by atoms with E-state index in [0.29, 0.717) is 23.1 Å². The SMILES string of the molecule is OC/C=C/S1=C2C(=C(Nc3ccc(OCc4cccc(F)c4)c(Cl)c3)N=CN2Cc2ccccc2)C=C1. The van der Waals surface area contributed by atoms with Crippen molar-refractivity contribution in [2.75, 3.05) is 11.9 Å². The third kappa shape index (κ3) is 6.02. The fraction of sp³-hybridized carbons (Fsp3) is 0.103. The summed E-state index contributed by atoms with van der Waals surface area (Å²) in [5.74, 6) is 0.926. The molecule has 0 aromatic heterocycles. The Morgan fingerprint density at radius 3 is 2.68 bits per heavy atom. The van der Waals surface area contributed by atoms with Gasteiger partial charge in [-0.1, -0.05) is 60.1 Å². The lowest BCUT2D eigenvalue weighted by atomic mass is 10.1. The lowest BCUT2D eigenvalue weighted by Gasteiger charge is -2.28. The van der Waals surface area contributed by atoms with E-state index in [1.54, 1.807) is 30.3 Å². The van der Waals surface area contributed by atoms with Gasteiger partial charge < -0.3 is 20.1 Å². The first-order valence-electron chi connectivity index (χ1n) is 11.7. The third-order valence-corrected chi connectivity index (χ3v) is 7.81. The van der Waals surface area contributed by atoms with Gasteiger partial charge >= 0.3 is 0 Å². The summed E-state index contributed by atoms with van der Waals surface area (Å²) >= 11 is 6.50. The summed E-state index contributed by atoms with van der Waals surface area (Å²) < 4.78 is 19.2. The summed E-state index contributed by atoms with van der Waals surface area (Å²) in [5.41, 5.74) is 3.67. The molecule has 0 saturated heterocycles. The highest BCUT2D eigenvalue weighted by molar-refractivity contribution is 8.21. The summed E-state index contributed by atoms with van der Waals surface area (Å²) in [6.07, 6.45) is 5.67. The first kappa shape index (κ1) is 25.0. The van der Waals surface area contributed by atoms with Gasteiger partial charge in [0.25, 0.3) is 0 Å². The number of aliphatic imine (C=N–C) groups is 1. The predicted octanol–water partition coefficient (Wildman–Crippen LogP) is 6.66. The monoisotopic (exact) mass is 533 g/mol. The van der Waals surface area contributed by atoms with Crippen LogP contribution in [0.25, 0.3) is 0 Å². The van der Waals surface area contributed by atoms with Gasteiger partial charge in [-0.15, -0.1) is 10.5 Å². The molecule has 3 aromatic rings. The normalized spacial score (nSPS) is 16.6. The molecular formula is C29H25ClFN3O2S. The van der Waals surface area contributed by atoms with Gasteiger partial charge in [-0.2, -0.15) is 0 Å². The van der Waals surface area contributed by atoms with Crippen LogP contribution in [0.3, 0.4) is 0 Å². The van der Waals surface area contributed by atoms with Crippen molar-refractivity contribution in [1.82, 2.24) is 4.90 Å². The van der Waals surface area contributed by atoms with Gasteiger partial charge in [0.15, 0.2) is 0 Å². The van der Waals surface area contributed by atoms with E-state index < -0.39 is 0 Å². The van der Waals surface area contributed by atoms with Crippen LogP contribution >= 0.6 is 22.1 Å². The zero-order valence-electron chi connectivity index (χ0n) is 19.9. The Kier molecular flexibility index (Phi) is 7.84. The molecule has 0 amide bonds. The Balaban J connectivity index is 1.36. The Labute approximate surface area is 222 Å². The van der Waals surface area contributed by atoms with Gasteiger partial charge in [-0.3, -0.25) is 0 Å². The quantitative estimate of drug-likeness (QED) is 0.302. The molecule has 0 fully saturated rings. The van der Waals surface area contributed by atoms with Gasteiger partial charge in [0.1, 0.15) is 24.0 Å². The van der Waals surface area contributed by atoms with E-state index in [0.717, 1.165) is 21.8 Å². The standard InChI is InChI=1S/C29H25ClFN3O2S/c30-26-17-24(10-11-27(26)36-19-22-8-4-9-23(31)16-22)33-28-25-12-15-37(14-5-13-35)29(25)34(20-32-28)18-21-6-2-1-3-7-21/h1-12,14-17,20,33,35H,13,18-19H2/b14-5+. The maximum Gasteiger partial charge on any atom is 0.142 e. The highest BCUT2D eigenvalue weighted by atomic mass is 35.5. The van der Waals surface area contributed by atoms with Crippen LogP contribution in [0.1, 0.15) is 11.1 Å². The van der Waals surface area contributed by atoms with Crippen molar-refractivity contribution in [2.45, 2.75) is 13.2 Å². The molecule has 2 aliphatic rings. The van der Waals surface area contributed by atoms with Crippen LogP contribution in [0.5, 0.6) is 5.75 Å². The highest BCUT2D eigenvalue weighted by Gasteiger charge is 2.25. The number of rotatable bonds is 9. The third-order valence-electron chi connectivity index (χ3n) is 5.70. The summed E-state index contributed by atoms with van der Waals surface area (Å²) in [7, 11) is -0.297. The molecule has 37 heavy (non-hydrogen) atoms. The van der Waals surface area contributed by atoms with Crippen LogP contribution in [0.4, 0.5) is 10.1 Å². The number of ether oxygens (including phenoxy) is 1. The number of nitrogens with zero attached hydrogens (tertiary/aromatic N) is 2. The van der Waals surface area contributed by atoms with Gasteiger partial charge in [-0.05, 0) is 58.4 Å². The van der Waals surface area contributed by atoms with Crippen LogP contribution < -0.4 is 10.1 Å². The van der Waals surface area contributed by atoms with Crippen LogP contribution in [0, 0.1) is 5.82 Å². The second kappa shape index (κ2) is 11.6. The first-order valence-corrected chi connectivity index (χ1v) is 13.4. The number of aliphatic hydroxyl groups is 1. The molecule has 2 aliphatic heterocycles. The minimum Gasteiger partial charge on any atom is -0.487 e. The molecule has 8 heteroatoms. The minimum atomic E-state index is -0.302. The lowest BCUT2D eigenvalue weighted by molar-refractivity contribution is 0.306. The van der Waals surface area contributed by atoms with Crippen molar-refractivity contribution in [3.63, 3.8) is 0 Å². The van der Waals surface area contributed by atoms with Crippen LogP contribution in [0.2, 0.25) is 5.02 Å². The number of benzene rings is 3. The van der Waals surface area contributed by atoms with E-state index in [4.69, 9.17) is 21.3 Å². The summed E-state index contributed by atoms with van der Waals surface area (Å²) in [6, 6.07) is 22.0. The predicted molar refractivity (Wildman–Crippen MR) is 151 cm³/mol. The smallest absolute Gasteiger partial charge is 0.142 e. The summed E-state index contributed by atoms with van der Waals surface area (Å²) in [4.78, 5) is 7.98. The van der Waals surface area contributed by atoms with Crippen molar-refractivity contribution in [3.05, 3.63) is 129 Å². The zero-order chi connectivity index (χ0) is 25.6. The number of halogens is 2. The molecule has 188 valence electrons. The van der Waals surface area contributed by atoms with Crippen LogP contribution in [-0.2, 0) is 13.2 Å². The van der Waals surface area contributed by atoms with E-state index in [-0.39, 0.29) is 29.5 Å². The molecule has 5 nitrogen and oxygen atoms in total. The average Bonchev–Trinajstić information content (AvgIpc) is 3.34. The number of hydrogen-bond donors (Lipinski definition) is 2. The molecule has 0 spiro atoms. The Morgan fingerprint density at radius 2 is 1.89 bits per heavy atom. The number of nitrogens with one attached hydrogen (secondary N) is 1. The maximum absolute atomic E-state index is 13.4.